The number of ether oxygens (including phenoxy) is 2. The minimum atomic E-state index is -0.943. The van der Waals surface area contributed by atoms with Crippen molar-refractivity contribution in [2.45, 2.75) is 5.79 Å². The Balaban J connectivity index is 1.82. The van der Waals surface area contributed by atoms with Gasteiger partial charge in [-0.3, -0.25) is 0 Å². The van der Waals surface area contributed by atoms with Gasteiger partial charge in [0.05, 0.1) is 13.2 Å². The monoisotopic (exact) mass is 386 g/mol. The second kappa shape index (κ2) is 8.46. The molecule has 0 radical (unpaired) electrons. The summed E-state index contributed by atoms with van der Waals surface area (Å²) in [6.45, 7) is 1.07. The van der Waals surface area contributed by atoms with E-state index in [2.05, 4.69) is 11.8 Å². The summed E-state index contributed by atoms with van der Waals surface area (Å²) in [5, 5.41) is 0.685. The van der Waals surface area contributed by atoms with E-state index in [1.807, 2.05) is 91.0 Å². The maximum Gasteiger partial charge on any atom is 0.216 e. The lowest BCUT2D eigenvalue weighted by Gasteiger charge is -2.25. The highest BCUT2D eigenvalue weighted by Crippen LogP contribution is 2.35. The third-order valence-electron chi connectivity index (χ3n) is 4.50. The van der Waals surface area contributed by atoms with Crippen LogP contribution in [0, 0.1) is 11.8 Å². The average Bonchev–Trinajstić information content (AvgIpc) is 3.23. The predicted molar refractivity (Wildman–Crippen MR) is 113 cm³/mol. The summed E-state index contributed by atoms with van der Waals surface area (Å²) in [5.41, 5.74) is 3.68. The normalized spacial score (nSPS) is 15.7. The summed E-state index contributed by atoms with van der Waals surface area (Å²) < 4.78 is 12.1. The first-order valence-electron chi connectivity index (χ1n) is 9.14. The van der Waals surface area contributed by atoms with Crippen LogP contribution in [-0.4, -0.2) is 13.2 Å². The van der Waals surface area contributed by atoms with Gasteiger partial charge >= 0.3 is 0 Å². The van der Waals surface area contributed by atoms with Crippen LogP contribution in [0.25, 0.3) is 5.57 Å². The molecule has 0 aliphatic carbocycles. The van der Waals surface area contributed by atoms with E-state index in [1.165, 1.54) is 0 Å². The van der Waals surface area contributed by atoms with E-state index in [0.29, 0.717) is 18.2 Å². The fourth-order valence-electron chi connectivity index (χ4n) is 3.10. The van der Waals surface area contributed by atoms with Gasteiger partial charge < -0.3 is 9.47 Å². The minimum absolute atomic E-state index is 0.533. The van der Waals surface area contributed by atoms with Gasteiger partial charge in [0.15, 0.2) is 0 Å². The third-order valence-corrected chi connectivity index (χ3v) is 4.75. The van der Waals surface area contributed by atoms with Gasteiger partial charge in [-0.05, 0) is 35.9 Å². The quantitative estimate of drug-likeness (QED) is 0.539. The van der Waals surface area contributed by atoms with Crippen LogP contribution in [0.1, 0.15) is 16.7 Å². The second-order valence-corrected chi connectivity index (χ2v) is 6.85. The molecule has 1 fully saturated rings. The number of hydrogen-bond acceptors (Lipinski definition) is 2. The highest BCUT2D eigenvalue weighted by Gasteiger charge is 2.37. The zero-order chi connectivity index (χ0) is 19.2. The first-order chi connectivity index (χ1) is 13.8. The van der Waals surface area contributed by atoms with Gasteiger partial charge in [-0.15, -0.1) is 0 Å². The van der Waals surface area contributed by atoms with Crippen molar-refractivity contribution >= 4 is 17.2 Å². The van der Waals surface area contributed by atoms with Crippen LogP contribution in [0.2, 0.25) is 5.02 Å². The van der Waals surface area contributed by atoms with Crippen molar-refractivity contribution in [1.29, 1.82) is 0 Å². The van der Waals surface area contributed by atoms with Gasteiger partial charge in [-0.2, -0.15) is 0 Å². The molecule has 1 aliphatic heterocycles. The predicted octanol–water partition coefficient (Wildman–Crippen LogP) is 5.67. The standard InChI is InChI=1S/C25H19ClO2/c26-24-15-13-21(14-16-24)22(12-11-20-7-3-1-4-8-20)19-25(27-17-18-28-25)23-9-5-2-6-10-23/h1-10,13-16,19H,17-18H2/b22-19+. The minimum Gasteiger partial charge on any atom is -0.340 e. The lowest BCUT2D eigenvalue weighted by atomic mass is 9.98. The van der Waals surface area contributed by atoms with Crippen LogP contribution in [-0.2, 0) is 15.3 Å². The van der Waals surface area contributed by atoms with Crippen LogP contribution in [0.15, 0.2) is 91.0 Å². The second-order valence-electron chi connectivity index (χ2n) is 6.41. The largest absolute Gasteiger partial charge is 0.340 e. The summed E-state index contributed by atoms with van der Waals surface area (Å²) in [5.74, 6) is 5.60. The molecule has 2 nitrogen and oxygen atoms in total. The molecule has 3 heteroatoms. The Bertz CT molecular complexity index is 1010. The molecule has 0 amide bonds. The van der Waals surface area contributed by atoms with E-state index >= 15 is 0 Å². The molecule has 0 bridgehead atoms. The molecule has 0 aromatic heterocycles. The molecule has 0 unspecified atom stereocenters. The zero-order valence-electron chi connectivity index (χ0n) is 15.3. The molecule has 1 saturated heterocycles. The number of hydrogen-bond donors (Lipinski definition) is 0. The number of allylic oxidation sites excluding steroid dienone is 1. The van der Waals surface area contributed by atoms with Crippen molar-refractivity contribution in [3.05, 3.63) is 113 Å². The maximum atomic E-state index is 6.08. The lowest BCUT2D eigenvalue weighted by molar-refractivity contribution is -0.122. The van der Waals surface area contributed by atoms with Crippen molar-refractivity contribution in [2.75, 3.05) is 13.2 Å². The van der Waals surface area contributed by atoms with Crippen LogP contribution < -0.4 is 0 Å². The maximum absolute atomic E-state index is 6.08. The molecule has 0 N–H and O–H groups in total. The van der Waals surface area contributed by atoms with Crippen LogP contribution >= 0.6 is 11.6 Å². The molecule has 1 heterocycles. The van der Waals surface area contributed by atoms with Crippen LogP contribution in [0.4, 0.5) is 0 Å². The fourth-order valence-corrected chi connectivity index (χ4v) is 3.23. The van der Waals surface area contributed by atoms with E-state index in [4.69, 9.17) is 21.1 Å². The van der Waals surface area contributed by atoms with Gasteiger partial charge in [0.1, 0.15) is 0 Å². The van der Waals surface area contributed by atoms with Gasteiger partial charge in [-0.1, -0.05) is 84.1 Å². The van der Waals surface area contributed by atoms with Gasteiger partial charge in [0.2, 0.25) is 5.79 Å². The summed E-state index contributed by atoms with van der Waals surface area (Å²) >= 11 is 6.08. The first-order valence-corrected chi connectivity index (χ1v) is 9.52. The molecule has 1 aliphatic rings. The molecule has 0 saturated carbocycles. The summed E-state index contributed by atoms with van der Waals surface area (Å²) in [7, 11) is 0. The number of halogens is 1. The highest BCUT2D eigenvalue weighted by molar-refractivity contribution is 6.30. The zero-order valence-corrected chi connectivity index (χ0v) is 16.0. The van der Waals surface area contributed by atoms with Crippen molar-refractivity contribution in [3.8, 4) is 11.8 Å². The first kappa shape index (κ1) is 18.5. The summed E-state index contributed by atoms with van der Waals surface area (Å²) in [6, 6.07) is 27.5. The van der Waals surface area contributed by atoms with E-state index in [-0.39, 0.29) is 0 Å². The Morgan fingerprint density at radius 3 is 2.07 bits per heavy atom. The number of benzene rings is 3. The highest BCUT2D eigenvalue weighted by atomic mass is 35.5. The molecular formula is C25H19ClO2. The molecule has 3 aromatic carbocycles. The van der Waals surface area contributed by atoms with Gasteiger partial charge in [-0.25, -0.2) is 0 Å². The Morgan fingerprint density at radius 1 is 0.821 bits per heavy atom. The molecule has 3 aromatic rings. The molecule has 0 atom stereocenters. The Morgan fingerprint density at radius 2 is 1.43 bits per heavy atom. The van der Waals surface area contributed by atoms with Crippen molar-refractivity contribution < 1.29 is 9.47 Å². The molecule has 0 spiro atoms. The van der Waals surface area contributed by atoms with Crippen LogP contribution in [0.3, 0.4) is 0 Å². The van der Waals surface area contributed by atoms with Crippen LogP contribution in [0.5, 0.6) is 0 Å². The average molecular weight is 387 g/mol. The molecule has 28 heavy (non-hydrogen) atoms. The van der Waals surface area contributed by atoms with E-state index in [0.717, 1.165) is 22.3 Å². The van der Waals surface area contributed by atoms with Crippen molar-refractivity contribution in [2.24, 2.45) is 0 Å². The Hall–Kier alpha value is -2.83. The summed E-state index contributed by atoms with van der Waals surface area (Å²) in [4.78, 5) is 0. The molecule has 4 rings (SSSR count). The van der Waals surface area contributed by atoms with Crippen molar-refractivity contribution in [1.82, 2.24) is 0 Å². The Labute approximate surface area is 170 Å². The van der Waals surface area contributed by atoms with Gasteiger partial charge in [0.25, 0.3) is 0 Å². The molecular weight excluding hydrogens is 368 g/mol. The topological polar surface area (TPSA) is 18.5 Å². The number of rotatable bonds is 3. The SMILES string of the molecule is Clc1ccc(/C(C#Cc2ccccc2)=C/C2(c3ccccc3)OCCO2)cc1. The van der Waals surface area contributed by atoms with Crippen molar-refractivity contribution in [3.63, 3.8) is 0 Å². The van der Waals surface area contributed by atoms with E-state index < -0.39 is 5.79 Å². The third kappa shape index (κ3) is 4.18. The smallest absolute Gasteiger partial charge is 0.216 e. The summed E-state index contributed by atoms with van der Waals surface area (Å²) in [6.07, 6.45) is 1.97. The molecule has 138 valence electrons. The van der Waals surface area contributed by atoms with E-state index in [1.54, 1.807) is 0 Å². The Kier molecular flexibility index (Phi) is 5.60. The van der Waals surface area contributed by atoms with E-state index in [9.17, 15) is 0 Å². The lowest BCUT2D eigenvalue weighted by Crippen LogP contribution is -2.24. The van der Waals surface area contributed by atoms with Gasteiger partial charge in [0, 0.05) is 21.7 Å². The fraction of sp³-hybridized carbons (Fsp3) is 0.120.